The van der Waals surface area contributed by atoms with Crippen molar-refractivity contribution in [3.63, 3.8) is 0 Å². The molecule has 0 aliphatic carbocycles. The third-order valence-corrected chi connectivity index (χ3v) is 6.53. The molecule has 188 valence electrons. The first kappa shape index (κ1) is 25.4. The summed E-state index contributed by atoms with van der Waals surface area (Å²) in [6, 6.07) is 10.4. The number of thiazole rings is 1. The number of ether oxygens (including phenoxy) is 3. The van der Waals surface area contributed by atoms with Crippen molar-refractivity contribution < 1.29 is 23.4 Å². The molecule has 9 heteroatoms. The van der Waals surface area contributed by atoms with E-state index in [1.165, 1.54) is 35.1 Å². The van der Waals surface area contributed by atoms with Crippen LogP contribution < -0.4 is 24.4 Å². The van der Waals surface area contributed by atoms with Crippen LogP contribution in [-0.4, -0.2) is 30.4 Å². The summed E-state index contributed by atoms with van der Waals surface area (Å²) in [6.45, 7) is 7.46. The molecule has 1 aliphatic rings. The lowest BCUT2D eigenvalue weighted by Crippen LogP contribution is -2.40. The molecule has 0 amide bonds. The van der Waals surface area contributed by atoms with Gasteiger partial charge in [0.25, 0.3) is 5.56 Å². The summed E-state index contributed by atoms with van der Waals surface area (Å²) in [7, 11) is 1.54. The van der Waals surface area contributed by atoms with Crippen molar-refractivity contribution in [2.24, 2.45) is 4.99 Å². The number of hydrogen-bond donors (Lipinski definition) is 0. The van der Waals surface area contributed by atoms with Crippen molar-refractivity contribution in [3.8, 4) is 11.5 Å². The number of aromatic nitrogens is 1. The molecule has 7 nitrogen and oxygen atoms in total. The number of benzene rings is 2. The minimum Gasteiger partial charge on any atom is -0.493 e. The molecule has 0 radical (unpaired) electrons. The van der Waals surface area contributed by atoms with Gasteiger partial charge in [-0.3, -0.25) is 9.36 Å². The van der Waals surface area contributed by atoms with Crippen LogP contribution in [0.25, 0.3) is 6.08 Å². The standard InChI is InChI=1S/C27H27FN2O5S/c1-6-34-26(32)23-16(4)29-27-30(25(31)22(36-27)13-17-7-10-19(28)11-8-17)24(23)18-9-12-20(35-15(2)3)21(14-18)33-5/h7-15,24H,6H2,1-5H3/b22-13-/t24-/m1/s1. The van der Waals surface area contributed by atoms with Crippen LogP contribution in [0.5, 0.6) is 11.5 Å². The van der Waals surface area contributed by atoms with Crippen molar-refractivity contribution in [1.29, 1.82) is 0 Å². The van der Waals surface area contributed by atoms with Crippen LogP contribution in [0.4, 0.5) is 4.39 Å². The van der Waals surface area contributed by atoms with Crippen molar-refractivity contribution in [2.75, 3.05) is 13.7 Å². The van der Waals surface area contributed by atoms with Crippen molar-refractivity contribution >= 4 is 23.4 Å². The van der Waals surface area contributed by atoms with Gasteiger partial charge in [-0.1, -0.05) is 29.5 Å². The molecule has 1 aliphatic heterocycles. The first-order valence-corrected chi connectivity index (χ1v) is 12.3. The van der Waals surface area contributed by atoms with Gasteiger partial charge in [-0.05, 0) is 69.2 Å². The third kappa shape index (κ3) is 4.97. The molecule has 0 bridgehead atoms. The molecular formula is C27H27FN2O5S. The third-order valence-electron chi connectivity index (χ3n) is 5.55. The number of rotatable bonds is 7. The van der Waals surface area contributed by atoms with Crippen LogP contribution >= 0.6 is 11.3 Å². The van der Waals surface area contributed by atoms with Crippen LogP contribution in [0.15, 0.2) is 63.5 Å². The Hall–Kier alpha value is -3.72. The van der Waals surface area contributed by atoms with E-state index in [0.29, 0.717) is 37.7 Å². The predicted molar refractivity (Wildman–Crippen MR) is 136 cm³/mol. The number of carbonyl (C=O) groups excluding carboxylic acids is 1. The molecule has 2 aromatic carbocycles. The first-order valence-electron chi connectivity index (χ1n) is 11.5. The van der Waals surface area contributed by atoms with Gasteiger partial charge in [-0.25, -0.2) is 14.2 Å². The van der Waals surface area contributed by atoms with Gasteiger partial charge in [0.05, 0.1) is 41.7 Å². The zero-order chi connectivity index (χ0) is 26.0. The Bertz CT molecular complexity index is 1500. The number of allylic oxidation sites excluding steroid dienone is 1. The van der Waals surface area contributed by atoms with Crippen LogP contribution in [0.1, 0.15) is 44.9 Å². The monoisotopic (exact) mass is 510 g/mol. The van der Waals surface area contributed by atoms with Crippen LogP contribution in [-0.2, 0) is 9.53 Å². The highest BCUT2D eigenvalue weighted by Gasteiger charge is 2.34. The van der Waals surface area contributed by atoms with Gasteiger partial charge in [-0.2, -0.15) is 0 Å². The smallest absolute Gasteiger partial charge is 0.338 e. The van der Waals surface area contributed by atoms with Gasteiger partial charge in [0, 0.05) is 0 Å². The van der Waals surface area contributed by atoms with E-state index in [1.807, 2.05) is 13.8 Å². The van der Waals surface area contributed by atoms with E-state index in [-0.39, 0.29) is 29.7 Å². The van der Waals surface area contributed by atoms with Gasteiger partial charge in [0.2, 0.25) is 0 Å². The molecule has 0 saturated heterocycles. The average molecular weight is 511 g/mol. The second-order valence-corrected chi connectivity index (χ2v) is 9.44. The molecule has 0 spiro atoms. The number of methoxy groups -OCH3 is 1. The second kappa shape index (κ2) is 10.5. The lowest BCUT2D eigenvalue weighted by molar-refractivity contribution is -0.139. The summed E-state index contributed by atoms with van der Waals surface area (Å²) >= 11 is 1.20. The van der Waals surface area contributed by atoms with Gasteiger partial charge >= 0.3 is 5.97 Å². The topological polar surface area (TPSA) is 79.1 Å². The Kier molecular flexibility index (Phi) is 7.40. The minimum absolute atomic E-state index is 0.0638. The van der Waals surface area contributed by atoms with Gasteiger partial charge in [-0.15, -0.1) is 0 Å². The van der Waals surface area contributed by atoms with Gasteiger partial charge < -0.3 is 14.2 Å². The van der Waals surface area contributed by atoms with E-state index < -0.39 is 12.0 Å². The average Bonchev–Trinajstić information content (AvgIpc) is 3.14. The highest BCUT2D eigenvalue weighted by atomic mass is 32.1. The first-order chi connectivity index (χ1) is 17.2. The maximum atomic E-state index is 13.6. The van der Waals surface area contributed by atoms with Crippen LogP contribution in [0.3, 0.4) is 0 Å². The molecule has 1 aromatic heterocycles. The summed E-state index contributed by atoms with van der Waals surface area (Å²) in [6.07, 6.45) is 1.62. The Labute approximate surface area is 211 Å². The molecule has 36 heavy (non-hydrogen) atoms. The Balaban J connectivity index is 1.94. The lowest BCUT2D eigenvalue weighted by Gasteiger charge is -2.25. The molecule has 0 fully saturated rings. The largest absolute Gasteiger partial charge is 0.493 e. The summed E-state index contributed by atoms with van der Waals surface area (Å²) in [4.78, 5) is 31.7. The number of esters is 1. The minimum atomic E-state index is -0.780. The fraction of sp³-hybridized carbons (Fsp3) is 0.296. The van der Waals surface area contributed by atoms with Crippen molar-refractivity contribution in [1.82, 2.24) is 4.57 Å². The maximum absolute atomic E-state index is 13.6. The van der Waals surface area contributed by atoms with Crippen LogP contribution in [0.2, 0.25) is 0 Å². The number of nitrogens with zero attached hydrogens (tertiary/aromatic N) is 2. The zero-order valence-electron chi connectivity index (χ0n) is 20.7. The fourth-order valence-corrected chi connectivity index (χ4v) is 5.07. The maximum Gasteiger partial charge on any atom is 0.338 e. The molecule has 3 aromatic rings. The van der Waals surface area contributed by atoms with E-state index in [4.69, 9.17) is 14.2 Å². The highest BCUT2D eigenvalue weighted by Crippen LogP contribution is 2.36. The predicted octanol–water partition coefficient (Wildman–Crippen LogP) is 3.73. The molecule has 0 N–H and O–H groups in total. The molecule has 0 unspecified atom stereocenters. The molecule has 4 rings (SSSR count). The Morgan fingerprint density at radius 3 is 2.56 bits per heavy atom. The Morgan fingerprint density at radius 2 is 1.92 bits per heavy atom. The summed E-state index contributed by atoms with van der Waals surface area (Å²) in [5.74, 6) is 0.131. The summed E-state index contributed by atoms with van der Waals surface area (Å²) in [5.41, 5.74) is 1.75. The second-order valence-electron chi connectivity index (χ2n) is 8.43. The molecular weight excluding hydrogens is 483 g/mol. The fourth-order valence-electron chi connectivity index (χ4n) is 4.02. The summed E-state index contributed by atoms with van der Waals surface area (Å²) < 4.78 is 32.0. The van der Waals surface area contributed by atoms with E-state index in [2.05, 4.69) is 4.99 Å². The molecule has 0 saturated carbocycles. The van der Waals surface area contributed by atoms with E-state index in [1.54, 1.807) is 50.3 Å². The zero-order valence-corrected chi connectivity index (χ0v) is 21.5. The Morgan fingerprint density at radius 1 is 1.19 bits per heavy atom. The van der Waals surface area contributed by atoms with Crippen LogP contribution in [0, 0.1) is 5.82 Å². The van der Waals surface area contributed by atoms with Gasteiger partial charge in [0.1, 0.15) is 5.82 Å². The van der Waals surface area contributed by atoms with Crippen molar-refractivity contribution in [3.05, 3.63) is 90.4 Å². The molecule has 1 atom stereocenters. The summed E-state index contributed by atoms with van der Waals surface area (Å²) in [5, 5.41) is 0. The SMILES string of the molecule is CCOC(=O)C1=C(C)N=c2s/c(=C\c3ccc(F)cc3)c(=O)n2[C@@H]1c1ccc(OC(C)C)c(OC)c1. The van der Waals surface area contributed by atoms with E-state index in [9.17, 15) is 14.0 Å². The normalized spacial score (nSPS) is 15.5. The van der Waals surface area contributed by atoms with Gasteiger partial charge in [0.15, 0.2) is 16.3 Å². The highest BCUT2D eigenvalue weighted by molar-refractivity contribution is 7.07. The lowest BCUT2D eigenvalue weighted by atomic mass is 9.95. The number of hydrogen-bond acceptors (Lipinski definition) is 7. The molecule has 2 heterocycles. The number of halogens is 1. The number of carbonyl (C=O) groups is 1. The number of fused-ring (bicyclic) bond motifs is 1. The van der Waals surface area contributed by atoms with Crippen molar-refractivity contribution in [2.45, 2.75) is 39.8 Å². The quantitative estimate of drug-likeness (QED) is 0.453. The van der Waals surface area contributed by atoms with E-state index in [0.717, 1.165) is 0 Å². The van der Waals surface area contributed by atoms with E-state index >= 15 is 0 Å².